The average Bonchev–Trinajstić information content (AvgIpc) is 2.44. The molecule has 0 aliphatic carbocycles. The van der Waals surface area contributed by atoms with E-state index in [9.17, 15) is 8.42 Å². The van der Waals surface area contributed by atoms with Crippen molar-refractivity contribution in [3.05, 3.63) is 29.8 Å². The van der Waals surface area contributed by atoms with E-state index in [4.69, 9.17) is 0 Å². The summed E-state index contributed by atoms with van der Waals surface area (Å²) in [5.41, 5.74) is 1.27. The summed E-state index contributed by atoms with van der Waals surface area (Å²) in [5, 5.41) is 3.27. The average molecular weight is 316 g/mol. The summed E-state index contributed by atoms with van der Waals surface area (Å²) in [6.07, 6.45) is 1.63. The molecule has 0 spiro atoms. The van der Waals surface area contributed by atoms with Crippen LogP contribution in [-0.2, 0) is 9.84 Å². The Morgan fingerprint density at radius 3 is 2.45 bits per heavy atom. The molecule has 0 heterocycles. The number of nitrogens with one attached hydrogen (secondary N) is 1. The Morgan fingerprint density at radius 1 is 1.25 bits per heavy atom. The quantitative estimate of drug-likeness (QED) is 0.712. The highest BCUT2D eigenvalue weighted by Crippen LogP contribution is 2.20. The van der Waals surface area contributed by atoms with Crippen LogP contribution < -0.4 is 5.32 Å². The first-order valence-corrected chi connectivity index (χ1v) is 9.84. The molecule has 0 radical (unpaired) electrons. The lowest BCUT2D eigenvalue weighted by Crippen LogP contribution is -2.28. The van der Waals surface area contributed by atoms with Gasteiger partial charge in [-0.1, -0.05) is 24.6 Å². The molecule has 0 aromatic heterocycles. The molecule has 0 fully saturated rings. The Hall–Kier alpha value is -0.520. The van der Waals surface area contributed by atoms with E-state index in [1.165, 1.54) is 10.5 Å². The van der Waals surface area contributed by atoms with Crippen LogP contribution >= 0.6 is 11.8 Å². The fourth-order valence-electron chi connectivity index (χ4n) is 1.84. The van der Waals surface area contributed by atoms with Gasteiger partial charge < -0.3 is 5.32 Å². The third-order valence-corrected chi connectivity index (χ3v) is 6.29. The van der Waals surface area contributed by atoms with Crippen molar-refractivity contribution in [2.75, 3.05) is 24.3 Å². The third kappa shape index (κ3) is 6.77. The third-order valence-electron chi connectivity index (χ3n) is 3.33. The molecular weight excluding hydrogens is 290 g/mol. The highest BCUT2D eigenvalue weighted by Gasteiger charge is 2.11. The van der Waals surface area contributed by atoms with E-state index in [1.807, 2.05) is 18.8 Å². The lowest BCUT2D eigenvalue weighted by atomic mass is 10.2. The second-order valence-electron chi connectivity index (χ2n) is 4.99. The molecule has 0 aliphatic rings. The Bertz CT molecular complexity index is 483. The first-order chi connectivity index (χ1) is 9.46. The van der Waals surface area contributed by atoms with E-state index < -0.39 is 9.84 Å². The minimum absolute atomic E-state index is 0.245. The molecule has 1 atom stereocenters. The lowest BCUT2D eigenvalue weighted by Gasteiger charge is -2.15. The molecule has 1 unspecified atom stereocenters. The highest BCUT2D eigenvalue weighted by atomic mass is 32.2. The second-order valence-corrected chi connectivity index (χ2v) is 8.55. The summed E-state index contributed by atoms with van der Waals surface area (Å²) in [6, 6.07) is 8.85. The topological polar surface area (TPSA) is 46.2 Å². The Kier molecular flexibility index (Phi) is 7.62. The van der Waals surface area contributed by atoms with Crippen molar-refractivity contribution in [1.29, 1.82) is 0 Å². The van der Waals surface area contributed by atoms with Gasteiger partial charge in [-0.2, -0.15) is 0 Å². The molecule has 1 aromatic rings. The van der Waals surface area contributed by atoms with Crippen LogP contribution in [0.25, 0.3) is 0 Å². The smallest absolute Gasteiger partial charge is 0.150 e. The van der Waals surface area contributed by atoms with Gasteiger partial charge in [-0.05, 0) is 38.9 Å². The summed E-state index contributed by atoms with van der Waals surface area (Å²) in [6.45, 7) is 3.79. The fourth-order valence-corrected chi connectivity index (χ4v) is 3.79. The molecule has 0 aliphatic heterocycles. The van der Waals surface area contributed by atoms with Crippen molar-refractivity contribution in [3.63, 3.8) is 0 Å². The van der Waals surface area contributed by atoms with Crippen molar-refractivity contribution in [1.82, 2.24) is 5.32 Å². The first-order valence-electron chi connectivity index (χ1n) is 7.04. The van der Waals surface area contributed by atoms with Crippen molar-refractivity contribution in [3.8, 4) is 0 Å². The van der Waals surface area contributed by atoms with Gasteiger partial charge in [-0.3, -0.25) is 0 Å². The molecule has 20 heavy (non-hydrogen) atoms. The van der Waals surface area contributed by atoms with Gasteiger partial charge in [-0.25, -0.2) is 8.42 Å². The van der Waals surface area contributed by atoms with Gasteiger partial charge in [-0.15, -0.1) is 11.8 Å². The predicted octanol–water partition coefficient (Wildman–Crippen LogP) is 2.89. The van der Waals surface area contributed by atoms with E-state index >= 15 is 0 Å². The molecule has 3 nitrogen and oxygen atoms in total. The van der Waals surface area contributed by atoms with Crippen LogP contribution in [0.3, 0.4) is 0 Å². The maximum atomic E-state index is 11.5. The van der Waals surface area contributed by atoms with Gasteiger partial charge in [0.2, 0.25) is 0 Å². The Labute approximate surface area is 127 Å². The van der Waals surface area contributed by atoms with Crippen molar-refractivity contribution >= 4 is 21.6 Å². The van der Waals surface area contributed by atoms with Gasteiger partial charge in [0.1, 0.15) is 9.84 Å². The molecule has 1 rings (SSSR count). The lowest BCUT2D eigenvalue weighted by molar-refractivity contribution is 0.554. The van der Waals surface area contributed by atoms with E-state index in [-0.39, 0.29) is 5.75 Å². The number of benzene rings is 1. The Morgan fingerprint density at radius 2 is 1.90 bits per heavy atom. The van der Waals surface area contributed by atoms with Gasteiger partial charge in [0.25, 0.3) is 0 Å². The number of hydrogen-bond donors (Lipinski definition) is 1. The zero-order chi connectivity index (χ0) is 15.0. The van der Waals surface area contributed by atoms with Crippen LogP contribution in [0, 0.1) is 6.92 Å². The summed E-state index contributed by atoms with van der Waals surface area (Å²) >= 11 is 1.81. The van der Waals surface area contributed by atoms with Gasteiger partial charge in [0, 0.05) is 22.4 Å². The normalized spacial score (nSPS) is 13.3. The van der Waals surface area contributed by atoms with Crippen LogP contribution in [0.4, 0.5) is 0 Å². The second kappa shape index (κ2) is 8.70. The zero-order valence-corrected chi connectivity index (χ0v) is 14.2. The summed E-state index contributed by atoms with van der Waals surface area (Å²) in [5.74, 6) is 1.51. The van der Waals surface area contributed by atoms with E-state index in [0.717, 1.165) is 18.6 Å². The Balaban J connectivity index is 2.34. The largest absolute Gasteiger partial charge is 0.316 e. The van der Waals surface area contributed by atoms with Crippen molar-refractivity contribution < 1.29 is 8.42 Å². The highest BCUT2D eigenvalue weighted by molar-refractivity contribution is 7.99. The van der Waals surface area contributed by atoms with Crippen molar-refractivity contribution in [2.45, 2.75) is 37.6 Å². The SMILES string of the molecule is CCS(=O)(=O)CCCC(CSc1ccc(C)cc1)NC. The van der Waals surface area contributed by atoms with Crippen LogP contribution in [0.5, 0.6) is 0 Å². The minimum atomic E-state index is -2.83. The molecular formula is C15H25NO2S2. The van der Waals surface area contributed by atoms with E-state index in [0.29, 0.717) is 11.8 Å². The number of hydrogen-bond acceptors (Lipinski definition) is 4. The molecule has 114 valence electrons. The molecule has 5 heteroatoms. The standard InChI is InChI=1S/C15H25NO2S2/c1-4-20(17,18)11-5-6-14(16-3)12-19-15-9-7-13(2)8-10-15/h7-10,14,16H,4-6,11-12H2,1-3H3. The monoisotopic (exact) mass is 315 g/mol. The number of rotatable bonds is 9. The number of aryl methyl sites for hydroxylation is 1. The van der Waals surface area contributed by atoms with Crippen LogP contribution in [0.15, 0.2) is 29.2 Å². The maximum absolute atomic E-state index is 11.5. The van der Waals surface area contributed by atoms with Gasteiger partial charge in [0.05, 0.1) is 5.75 Å². The predicted molar refractivity (Wildman–Crippen MR) is 88.3 cm³/mol. The first kappa shape index (κ1) is 17.5. The van der Waals surface area contributed by atoms with E-state index in [1.54, 1.807) is 6.92 Å². The maximum Gasteiger partial charge on any atom is 0.150 e. The molecule has 1 N–H and O–H groups in total. The molecule has 1 aromatic carbocycles. The van der Waals surface area contributed by atoms with Crippen LogP contribution in [0.2, 0.25) is 0 Å². The fraction of sp³-hybridized carbons (Fsp3) is 0.600. The molecule has 0 saturated heterocycles. The summed E-state index contributed by atoms with van der Waals surface area (Å²) in [4.78, 5) is 1.26. The summed E-state index contributed by atoms with van der Waals surface area (Å²) < 4.78 is 22.9. The van der Waals surface area contributed by atoms with Crippen LogP contribution in [0.1, 0.15) is 25.3 Å². The molecule has 0 amide bonds. The number of sulfone groups is 1. The zero-order valence-electron chi connectivity index (χ0n) is 12.6. The van der Waals surface area contributed by atoms with Gasteiger partial charge in [0.15, 0.2) is 0 Å². The molecule has 0 saturated carbocycles. The number of thioether (sulfide) groups is 1. The van der Waals surface area contributed by atoms with Crippen LogP contribution in [-0.4, -0.2) is 38.8 Å². The van der Waals surface area contributed by atoms with E-state index in [2.05, 4.69) is 36.5 Å². The molecule has 0 bridgehead atoms. The minimum Gasteiger partial charge on any atom is -0.316 e. The van der Waals surface area contributed by atoms with Gasteiger partial charge >= 0.3 is 0 Å². The van der Waals surface area contributed by atoms with Crippen molar-refractivity contribution in [2.24, 2.45) is 0 Å². The summed E-state index contributed by atoms with van der Waals surface area (Å²) in [7, 11) is -0.891.